The van der Waals surface area contributed by atoms with Crippen LogP contribution in [0.25, 0.3) is 22.3 Å². The summed E-state index contributed by atoms with van der Waals surface area (Å²) in [6.45, 7) is 5.60. The van der Waals surface area contributed by atoms with Gasteiger partial charge in [-0.15, -0.1) is 0 Å². The molecule has 1 atom stereocenters. The number of nitrogens with zero attached hydrogens (tertiary/aromatic N) is 5. The molecule has 4 aromatic rings. The van der Waals surface area contributed by atoms with Crippen LogP contribution < -0.4 is 15.8 Å². The minimum atomic E-state index is 0.270. The maximum absolute atomic E-state index is 6.37. The Bertz CT molecular complexity index is 1300. The van der Waals surface area contributed by atoms with E-state index >= 15 is 0 Å². The van der Waals surface area contributed by atoms with E-state index in [2.05, 4.69) is 24.9 Å². The summed E-state index contributed by atoms with van der Waals surface area (Å²) >= 11 is 0. The standard InChI is InChI=1S/C28H33N7O/c29-27-25-26(21-8-10-24(11-9-21)36-23-6-2-1-3-7-23)33-35(28(25)32-19-31-27)22-5-4-16-34(18-22)17-20-12-14-30-15-13-20/h1-3,6-11,19-20,22,30H,4-5,12-18H2,(H2,29,31,32). The van der Waals surface area contributed by atoms with Gasteiger partial charge < -0.3 is 20.7 Å². The van der Waals surface area contributed by atoms with E-state index in [4.69, 9.17) is 15.6 Å². The zero-order chi connectivity index (χ0) is 24.3. The first-order chi connectivity index (χ1) is 17.7. The Kier molecular flexibility index (Phi) is 6.53. The maximum atomic E-state index is 6.37. The van der Waals surface area contributed by atoms with Gasteiger partial charge in [-0.25, -0.2) is 14.6 Å². The molecular weight excluding hydrogens is 450 g/mol. The Morgan fingerprint density at radius 2 is 1.72 bits per heavy atom. The number of rotatable bonds is 6. The lowest BCUT2D eigenvalue weighted by molar-refractivity contribution is 0.139. The van der Waals surface area contributed by atoms with Crippen molar-refractivity contribution in [2.24, 2.45) is 5.92 Å². The number of fused-ring (bicyclic) bond motifs is 1. The van der Waals surface area contributed by atoms with Gasteiger partial charge >= 0.3 is 0 Å². The third-order valence-corrected chi connectivity index (χ3v) is 7.43. The summed E-state index contributed by atoms with van der Waals surface area (Å²) in [5, 5.41) is 9.40. The summed E-state index contributed by atoms with van der Waals surface area (Å²) < 4.78 is 8.07. The molecule has 2 fully saturated rings. The highest BCUT2D eigenvalue weighted by atomic mass is 16.5. The first kappa shape index (κ1) is 22.9. The maximum Gasteiger partial charge on any atom is 0.164 e. The fraction of sp³-hybridized carbons (Fsp3) is 0.393. The molecule has 8 heteroatoms. The van der Waals surface area contributed by atoms with E-state index in [1.54, 1.807) is 6.33 Å². The molecule has 2 aliphatic heterocycles. The number of para-hydroxylation sites is 1. The third-order valence-electron chi connectivity index (χ3n) is 7.43. The van der Waals surface area contributed by atoms with Crippen LogP contribution in [-0.2, 0) is 0 Å². The molecule has 8 nitrogen and oxygen atoms in total. The Balaban J connectivity index is 1.27. The molecule has 0 spiro atoms. The van der Waals surface area contributed by atoms with Crippen molar-refractivity contribution < 1.29 is 4.74 Å². The van der Waals surface area contributed by atoms with Gasteiger partial charge in [-0.3, -0.25) is 0 Å². The predicted octanol–water partition coefficient (Wildman–Crippen LogP) is 4.50. The molecule has 2 aromatic heterocycles. The van der Waals surface area contributed by atoms with Crippen LogP contribution >= 0.6 is 0 Å². The van der Waals surface area contributed by atoms with Crippen molar-refractivity contribution in [3.63, 3.8) is 0 Å². The summed E-state index contributed by atoms with van der Waals surface area (Å²) in [5.74, 6) is 2.83. The average molecular weight is 484 g/mol. The van der Waals surface area contributed by atoms with Crippen LogP contribution in [0.2, 0.25) is 0 Å². The normalized spacial score (nSPS) is 19.5. The van der Waals surface area contributed by atoms with Gasteiger partial charge in [0.05, 0.1) is 11.4 Å². The van der Waals surface area contributed by atoms with Crippen LogP contribution in [0.1, 0.15) is 31.7 Å². The minimum Gasteiger partial charge on any atom is -0.457 e. The van der Waals surface area contributed by atoms with Gasteiger partial charge in [0.15, 0.2) is 5.65 Å². The largest absolute Gasteiger partial charge is 0.457 e. The summed E-state index contributed by atoms with van der Waals surface area (Å²) in [6, 6.07) is 18.0. The average Bonchev–Trinajstić information content (AvgIpc) is 3.32. The van der Waals surface area contributed by atoms with Crippen molar-refractivity contribution in [2.75, 3.05) is 38.5 Å². The summed E-state index contributed by atoms with van der Waals surface area (Å²) in [7, 11) is 0. The van der Waals surface area contributed by atoms with Crippen molar-refractivity contribution >= 4 is 16.9 Å². The molecule has 2 aromatic carbocycles. The monoisotopic (exact) mass is 483 g/mol. The van der Waals surface area contributed by atoms with Gasteiger partial charge in [-0.05, 0) is 87.6 Å². The lowest BCUT2D eigenvalue weighted by Gasteiger charge is -2.36. The molecule has 0 saturated carbocycles. The number of piperidine rings is 2. The lowest BCUT2D eigenvalue weighted by atomic mass is 9.96. The first-order valence-corrected chi connectivity index (χ1v) is 13.0. The quantitative estimate of drug-likeness (QED) is 0.417. The number of aromatic nitrogens is 4. The van der Waals surface area contributed by atoms with Crippen molar-refractivity contribution in [3.05, 3.63) is 60.9 Å². The second-order valence-electron chi connectivity index (χ2n) is 9.94. The first-order valence-electron chi connectivity index (χ1n) is 13.0. The number of hydrogen-bond acceptors (Lipinski definition) is 7. The van der Waals surface area contributed by atoms with Crippen LogP contribution in [0.4, 0.5) is 5.82 Å². The smallest absolute Gasteiger partial charge is 0.164 e. The molecule has 0 amide bonds. The van der Waals surface area contributed by atoms with Crippen LogP contribution in [0, 0.1) is 5.92 Å². The highest BCUT2D eigenvalue weighted by molar-refractivity contribution is 5.98. The summed E-state index contributed by atoms with van der Waals surface area (Å²) in [6.07, 6.45) is 6.34. The molecule has 6 rings (SSSR count). The number of likely N-dealkylation sites (tertiary alicyclic amines) is 1. The van der Waals surface area contributed by atoms with Crippen molar-refractivity contribution in [2.45, 2.75) is 31.7 Å². The highest BCUT2D eigenvalue weighted by Gasteiger charge is 2.28. The number of hydrogen-bond donors (Lipinski definition) is 2. The molecule has 3 N–H and O–H groups in total. The molecular formula is C28H33N7O. The number of nitrogens with two attached hydrogens (primary N) is 1. The lowest BCUT2D eigenvalue weighted by Crippen LogP contribution is -2.42. The minimum absolute atomic E-state index is 0.270. The van der Waals surface area contributed by atoms with Gasteiger partial charge in [-0.2, -0.15) is 5.10 Å². The zero-order valence-electron chi connectivity index (χ0n) is 20.5. The van der Waals surface area contributed by atoms with E-state index in [1.165, 1.54) is 25.8 Å². The van der Waals surface area contributed by atoms with E-state index < -0.39 is 0 Å². The summed E-state index contributed by atoms with van der Waals surface area (Å²) in [4.78, 5) is 11.5. The van der Waals surface area contributed by atoms with Crippen LogP contribution in [0.3, 0.4) is 0 Å². The van der Waals surface area contributed by atoms with Crippen LogP contribution in [0.15, 0.2) is 60.9 Å². The summed E-state index contributed by atoms with van der Waals surface area (Å²) in [5.41, 5.74) is 8.99. The molecule has 0 radical (unpaired) electrons. The predicted molar refractivity (Wildman–Crippen MR) is 142 cm³/mol. The van der Waals surface area contributed by atoms with Crippen LogP contribution in [-0.4, -0.2) is 57.4 Å². The number of benzene rings is 2. The highest BCUT2D eigenvalue weighted by Crippen LogP contribution is 2.35. The van der Waals surface area contributed by atoms with E-state index in [0.717, 1.165) is 72.3 Å². The number of nitrogen functional groups attached to an aromatic ring is 1. The number of ether oxygens (including phenoxy) is 1. The van der Waals surface area contributed by atoms with Gasteiger partial charge in [0, 0.05) is 18.7 Å². The van der Waals surface area contributed by atoms with Crippen molar-refractivity contribution in [1.29, 1.82) is 0 Å². The van der Waals surface area contributed by atoms with Gasteiger partial charge in [0.25, 0.3) is 0 Å². The second-order valence-corrected chi connectivity index (χ2v) is 9.94. The zero-order valence-corrected chi connectivity index (χ0v) is 20.5. The molecule has 0 aliphatic carbocycles. The van der Waals surface area contributed by atoms with Gasteiger partial charge in [0.2, 0.25) is 0 Å². The van der Waals surface area contributed by atoms with Crippen LogP contribution in [0.5, 0.6) is 11.5 Å². The van der Waals surface area contributed by atoms with Gasteiger partial charge in [-0.1, -0.05) is 18.2 Å². The SMILES string of the molecule is Nc1ncnc2c1c(-c1ccc(Oc3ccccc3)cc1)nn2C1CCCN(CC2CCNCC2)C1. The number of nitrogens with one attached hydrogen (secondary N) is 1. The fourth-order valence-corrected chi connectivity index (χ4v) is 5.58. The molecule has 1 unspecified atom stereocenters. The van der Waals surface area contributed by atoms with Crippen molar-refractivity contribution in [3.8, 4) is 22.8 Å². The van der Waals surface area contributed by atoms with Gasteiger partial charge in [0.1, 0.15) is 29.3 Å². The third kappa shape index (κ3) is 4.79. The molecule has 186 valence electrons. The topological polar surface area (TPSA) is 94.1 Å². The molecule has 2 saturated heterocycles. The number of anilines is 1. The Morgan fingerprint density at radius 3 is 2.53 bits per heavy atom. The molecule has 4 heterocycles. The Hall–Kier alpha value is -3.49. The second kappa shape index (κ2) is 10.2. The Labute approximate surface area is 211 Å². The Morgan fingerprint density at radius 1 is 0.944 bits per heavy atom. The fourth-order valence-electron chi connectivity index (χ4n) is 5.58. The molecule has 36 heavy (non-hydrogen) atoms. The van der Waals surface area contributed by atoms with E-state index in [9.17, 15) is 0 Å². The molecule has 0 bridgehead atoms. The molecule has 2 aliphatic rings. The van der Waals surface area contributed by atoms with E-state index in [-0.39, 0.29) is 6.04 Å². The van der Waals surface area contributed by atoms with E-state index in [0.29, 0.717) is 5.82 Å². The van der Waals surface area contributed by atoms with E-state index in [1.807, 2.05) is 54.6 Å². The van der Waals surface area contributed by atoms with Crippen molar-refractivity contribution in [1.82, 2.24) is 30.0 Å².